The molecule has 1 nitrogen and oxygen atoms in total. The Morgan fingerprint density at radius 3 is 2.92 bits per heavy atom. The van der Waals surface area contributed by atoms with Gasteiger partial charge in [0.25, 0.3) is 0 Å². The molecule has 60 valence electrons. The van der Waals surface area contributed by atoms with Gasteiger partial charge in [0, 0.05) is 17.6 Å². The number of allylic oxidation sites excluding steroid dienone is 1. The Morgan fingerprint density at radius 1 is 1.33 bits per heavy atom. The average Bonchev–Trinajstić information content (AvgIpc) is 2.56. The summed E-state index contributed by atoms with van der Waals surface area (Å²) in [6, 6.07) is 7.78. The summed E-state index contributed by atoms with van der Waals surface area (Å²) in [5.74, 6) is 0. The number of hydrogen-bond acceptors (Lipinski definition) is 1. The van der Waals surface area contributed by atoms with Gasteiger partial charge in [-0.25, -0.2) is 0 Å². The zero-order chi connectivity index (χ0) is 8.39. The van der Waals surface area contributed by atoms with Gasteiger partial charge in [0.2, 0.25) is 0 Å². The van der Waals surface area contributed by atoms with Crippen molar-refractivity contribution in [2.24, 2.45) is 4.99 Å². The van der Waals surface area contributed by atoms with Gasteiger partial charge >= 0.3 is 0 Å². The third kappa shape index (κ3) is 1.41. The molecule has 0 spiro atoms. The van der Waals surface area contributed by atoms with Gasteiger partial charge in [0.15, 0.2) is 0 Å². The van der Waals surface area contributed by atoms with Gasteiger partial charge in [-0.15, -0.1) is 0 Å². The Kier molecular flexibility index (Phi) is 1.96. The molecule has 0 unspecified atom stereocenters. The largest absolute Gasteiger partial charge is 0.261 e. The zero-order valence-corrected chi connectivity index (χ0v) is 7.25. The van der Waals surface area contributed by atoms with E-state index in [4.69, 9.17) is 11.6 Å². The lowest BCUT2D eigenvalue weighted by Gasteiger charge is -1.99. The first-order valence-corrected chi connectivity index (χ1v) is 4.22. The highest BCUT2D eigenvalue weighted by molar-refractivity contribution is 6.31. The minimum atomic E-state index is 0.766. The van der Waals surface area contributed by atoms with E-state index in [1.54, 1.807) is 0 Å². The summed E-state index contributed by atoms with van der Waals surface area (Å²) in [6.07, 6.45) is 4.78. The maximum Gasteiger partial charge on any atom is 0.0514 e. The van der Waals surface area contributed by atoms with Gasteiger partial charge in [-0.05, 0) is 17.7 Å². The number of nitrogens with zero attached hydrogens (tertiary/aromatic N) is 1. The van der Waals surface area contributed by atoms with Gasteiger partial charge in [0.05, 0.1) is 5.71 Å². The van der Waals surface area contributed by atoms with Crippen LogP contribution in [0.1, 0.15) is 12.0 Å². The van der Waals surface area contributed by atoms with Crippen LogP contribution in [0.3, 0.4) is 0 Å². The molecule has 0 amide bonds. The van der Waals surface area contributed by atoms with Crippen molar-refractivity contribution in [1.29, 1.82) is 0 Å². The molecule has 0 saturated heterocycles. The summed E-state index contributed by atoms with van der Waals surface area (Å²) in [5, 5.41) is 0.766. The molecule has 1 aromatic rings. The summed E-state index contributed by atoms with van der Waals surface area (Å²) >= 11 is 5.85. The first kappa shape index (κ1) is 7.56. The fraction of sp³-hybridized carbons (Fsp3) is 0.100. The van der Waals surface area contributed by atoms with Crippen LogP contribution in [0.2, 0.25) is 5.02 Å². The van der Waals surface area contributed by atoms with Gasteiger partial charge in [0.1, 0.15) is 0 Å². The van der Waals surface area contributed by atoms with Gasteiger partial charge in [-0.1, -0.05) is 29.8 Å². The van der Waals surface area contributed by atoms with E-state index in [9.17, 15) is 0 Å². The predicted octanol–water partition coefficient (Wildman–Crippen LogP) is 3.05. The topological polar surface area (TPSA) is 12.4 Å². The van der Waals surface area contributed by atoms with Crippen molar-refractivity contribution in [1.82, 2.24) is 0 Å². The SMILES string of the molecule is Clc1cccc(C2=NC=CC2)c1. The monoisotopic (exact) mass is 177 g/mol. The minimum absolute atomic E-state index is 0.766. The first-order valence-electron chi connectivity index (χ1n) is 3.84. The smallest absolute Gasteiger partial charge is 0.0514 e. The van der Waals surface area contributed by atoms with Crippen LogP contribution in [0, 0.1) is 0 Å². The molecule has 1 aliphatic rings. The van der Waals surface area contributed by atoms with Gasteiger partial charge < -0.3 is 0 Å². The molecule has 0 N–H and O–H groups in total. The van der Waals surface area contributed by atoms with E-state index in [0.717, 1.165) is 22.7 Å². The van der Waals surface area contributed by atoms with E-state index in [1.165, 1.54) is 0 Å². The standard InChI is InChI=1S/C10H8ClN/c11-9-4-1-3-8(7-9)10-5-2-6-12-10/h1-4,6-7H,5H2. The highest BCUT2D eigenvalue weighted by Gasteiger charge is 2.04. The summed E-state index contributed by atoms with van der Waals surface area (Å²) in [7, 11) is 0. The molecule has 0 bridgehead atoms. The van der Waals surface area contributed by atoms with E-state index in [0.29, 0.717) is 0 Å². The van der Waals surface area contributed by atoms with Crippen molar-refractivity contribution < 1.29 is 0 Å². The highest BCUT2D eigenvalue weighted by atomic mass is 35.5. The molecule has 12 heavy (non-hydrogen) atoms. The molecule has 0 atom stereocenters. The molecule has 1 heterocycles. The van der Waals surface area contributed by atoms with Crippen LogP contribution in [0.15, 0.2) is 41.5 Å². The summed E-state index contributed by atoms with van der Waals surface area (Å²) in [4.78, 5) is 4.22. The van der Waals surface area contributed by atoms with E-state index >= 15 is 0 Å². The Balaban J connectivity index is 2.35. The molecule has 0 aromatic heterocycles. The highest BCUT2D eigenvalue weighted by Crippen LogP contribution is 2.15. The zero-order valence-electron chi connectivity index (χ0n) is 6.50. The van der Waals surface area contributed by atoms with Crippen LogP contribution < -0.4 is 0 Å². The van der Waals surface area contributed by atoms with E-state index in [2.05, 4.69) is 4.99 Å². The van der Waals surface area contributed by atoms with Crippen LogP contribution in [0.5, 0.6) is 0 Å². The Labute approximate surface area is 76.4 Å². The second kappa shape index (κ2) is 3.11. The molecule has 2 heteroatoms. The van der Waals surface area contributed by atoms with Gasteiger partial charge in [-0.3, -0.25) is 4.99 Å². The second-order valence-corrected chi connectivity index (χ2v) is 3.11. The second-order valence-electron chi connectivity index (χ2n) is 2.68. The molecule has 1 aliphatic heterocycles. The minimum Gasteiger partial charge on any atom is -0.261 e. The maximum absolute atomic E-state index is 5.85. The molecule has 0 radical (unpaired) electrons. The molecular weight excluding hydrogens is 170 g/mol. The third-order valence-electron chi connectivity index (χ3n) is 1.80. The van der Waals surface area contributed by atoms with Crippen molar-refractivity contribution in [2.75, 3.05) is 0 Å². The normalized spacial score (nSPS) is 14.9. The predicted molar refractivity (Wildman–Crippen MR) is 51.7 cm³/mol. The van der Waals surface area contributed by atoms with Crippen LogP contribution in [0.25, 0.3) is 0 Å². The fourth-order valence-electron chi connectivity index (χ4n) is 1.22. The van der Waals surface area contributed by atoms with Crippen molar-refractivity contribution >= 4 is 17.3 Å². The molecular formula is C10H8ClN. The van der Waals surface area contributed by atoms with E-state index in [-0.39, 0.29) is 0 Å². The molecule has 0 aliphatic carbocycles. The Hall–Kier alpha value is -1.08. The number of hydrogen-bond donors (Lipinski definition) is 0. The van der Waals surface area contributed by atoms with Crippen LogP contribution in [0.4, 0.5) is 0 Å². The van der Waals surface area contributed by atoms with Crippen molar-refractivity contribution in [3.05, 3.63) is 47.1 Å². The molecule has 0 fully saturated rings. The first-order chi connectivity index (χ1) is 5.86. The van der Waals surface area contributed by atoms with Crippen LogP contribution in [-0.2, 0) is 0 Å². The number of benzene rings is 1. The third-order valence-corrected chi connectivity index (χ3v) is 2.04. The van der Waals surface area contributed by atoms with Crippen LogP contribution >= 0.6 is 11.6 Å². The van der Waals surface area contributed by atoms with Crippen molar-refractivity contribution in [3.8, 4) is 0 Å². The van der Waals surface area contributed by atoms with Crippen molar-refractivity contribution in [2.45, 2.75) is 6.42 Å². The van der Waals surface area contributed by atoms with Gasteiger partial charge in [-0.2, -0.15) is 0 Å². The molecule has 0 saturated carbocycles. The summed E-state index contributed by atoms with van der Waals surface area (Å²) in [6.45, 7) is 0. The fourth-order valence-corrected chi connectivity index (χ4v) is 1.41. The summed E-state index contributed by atoms with van der Waals surface area (Å²) in [5.41, 5.74) is 2.21. The lowest BCUT2D eigenvalue weighted by molar-refractivity contribution is 1.49. The van der Waals surface area contributed by atoms with Crippen LogP contribution in [-0.4, -0.2) is 5.71 Å². The molecule has 1 aromatic carbocycles. The maximum atomic E-state index is 5.85. The van der Waals surface area contributed by atoms with E-state index < -0.39 is 0 Å². The summed E-state index contributed by atoms with van der Waals surface area (Å²) < 4.78 is 0. The quantitative estimate of drug-likeness (QED) is 0.625. The average molecular weight is 178 g/mol. The number of halogens is 1. The van der Waals surface area contributed by atoms with E-state index in [1.807, 2.05) is 36.5 Å². The van der Waals surface area contributed by atoms with Crippen molar-refractivity contribution in [3.63, 3.8) is 0 Å². The number of aliphatic imine (C=N–C) groups is 1. The Morgan fingerprint density at radius 2 is 2.25 bits per heavy atom. The number of rotatable bonds is 1. The lowest BCUT2D eigenvalue weighted by atomic mass is 10.1. The molecule has 2 rings (SSSR count). The lowest BCUT2D eigenvalue weighted by Crippen LogP contribution is -1.95. The Bertz CT molecular complexity index is 353.